The van der Waals surface area contributed by atoms with E-state index >= 15 is 0 Å². The molecule has 1 N–H and O–H groups in total. The highest BCUT2D eigenvalue weighted by atomic mass is 79.9. The Balaban J connectivity index is 1.71. The van der Waals surface area contributed by atoms with Crippen LogP contribution in [0.15, 0.2) is 56.7 Å². The van der Waals surface area contributed by atoms with E-state index in [-0.39, 0.29) is 17.3 Å². The minimum atomic E-state index is -0.223. The van der Waals surface area contributed by atoms with Crippen LogP contribution in [-0.2, 0) is 6.54 Å². The second-order valence-electron chi connectivity index (χ2n) is 5.79. The van der Waals surface area contributed by atoms with Crippen molar-refractivity contribution in [3.05, 3.63) is 77.6 Å². The molecule has 0 fully saturated rings. The largest absolute Gasteiger partial charge is 0.493 e. The molecule has 7 heteroatoms. The highest BCUT2D eigenvalue weighted by Gasteiger charge is 2.17. The molecule has 0 spiro atoms. The van der Waals surface area contributed by atoms with Gasteiger partial charge in [0.15, 0.2) is 0 Å². The van der Waals surface area contributed by atoms with Crippen LogP contribution >= 0.6 is 38.9 Å². The first-order chi connectivity index (χ1) is 12.5. The number of nitrogens with zero attached hydrogens (tertiary/aromatic N) is 2. The second kappa shape index (κ2) is 6.87. The van der Waals surface area contributed by atoms with Gasteiger partial charge in [0, 0.05) is 26.8 Å². The molecular weight excluding hydrogens is 436 g/mol. The molecule has 0 saturated carbocycles. The highest BCUT2D eigenvalue weighted by Crippen LogP contribution is 2.36. The van der Waals surface area contributed by atoms with Gasteiger partial charge in [-0.2, -0.15) is 0 Å². The Morgan fingerprint density at radius 1 is 1.27 bits per heavy atom. The molecule has 0 saturated heterocycles. The Labute approximate surface area is 166 Å². The maximum atomic E-state index is 12.3. The Hall–Kier alpha value is -2.15. The zero-order valence-electron chi connectivity index (χ0n) is 13.3. The summed E-state index contributed by atoms with van der Waals surface area (Å²) in [6, 6.07) is 13.0. The normalized spacial score (nSPS) is 14.2. The quantitative estimate of drug-likeness (QED) is 0.589. The van der Waals surface area contributed by atoms with Crippen LogP contribution in [0.3, 0.4) is 0 Å². The molecule has 2 heterocycles. The van der Waals surface area contributed by atoms with E-state index in [1.165, 1.54) is 4.57 Å². The fourth-order valence-electron chi connectivity index (χ4n) is 2.78. The Morgan fingerprint density at radius 3 is 2.92 bits per heavy atom. The van der Waals surface area contributed by atoms with Crippen molar-refractivity contribution in [3.8, 4) is 5.88 Å². The van der Waals surface area contributed by atoms with Crippen molar-refractivity contribution in [1.29, 1.82) is 0 Å². The van der Waals surface area contributed by atoms with Crippen molar-refractivity contribution in [1.82, 2.24) is 4.57 Å². The molecule has 0 bridgehead atoms. The molecule has 1 aliphatic rings. The lowest BCUT2D eigenvalue weighted by atomic mass is 10.1. The third-order valence-corrected chi connectivity index (χ3v) is 5.67. The monoisotopic (exact) mass is 446 g/mol. The number of hydrogen-bond acceptors (Lipinski definition) is 4. The predicted molar refractivity (Wildman–Crippen MR) is 111 cm³/mol. The van der Waals surface area contributed by atoms with E-state index < -0.39 is 0 Å². The molecule has 1 aromatic heterocycles. The summed E-state index contributed by atoms with van der Waals surface area (Å²) in [5.74, 6) is -0.0516. The second-order valence-corrected chi connectivity index (χ2v) is 8.14. The summed E-state index contributed by atoms with van der Waals surface area (Å²) in [7, 11) is 0. The van der Waals surface area contributed by atoms with E-state index in [1.54, 1.807) is 24.4 Å². The lowest BCUT2D eigenvalue weighted by Crippen LogP contribution is -2.13. The summed E-state index contributed by atoms with van der Waals surface area (Å²) in [4.78, 5) is 17.0. The van der Waals surface area contributed by atoms with Crippen LogP contribution in [0.5, 0.6) is 5.88 Å². The van der Waals surface area contributed by atoms with Crippen molar-refractivity contribution >= 4 is 62.4 Å². The van der Waals surface area contributed by atoms with Gasteiger partial charge < -0.3 is 5.11 Å². The smallest absolute Gasteiger partial charge is 0.310 e. The fourth-order valence-corrected chi connectivity index (χ4v) is 4.19. The molecule has 0 amide bonds. The molecule has 3 aromatic rings. The number of aromatic nitrogens is 1. The van der Waals surface area contributed by atoms with Gasteiger partial charge in [0.25, 0.3) is 0 Å². The number of aromatic hydroxyl groups is 1. The van der Waals surface area contributed by atoms with Crippen LogP contribution < -0.4 is 4.87 Å². The molecule has 0 unspecified atom stereocenters. The van der Waals surface area contributed by atoms with Gasteiger partial charge in [-0.25, -0.2) is 0 Å². The third-order valence-electron chi connectivity index (χ3n) is 4.02. The van der Waals surface area contributed by atoms with Gasteiger partial charge in [0.2, 0.25) is 5.88 Å². The maximum absolute atomic E-state index is 12.3. The number of fused-ring (bicyclic) bond motifs is 1. The highest BCUT2D eigenvalue weighted by molar-refractivity contribution is 9.10. The van der Waals surface area contributed by atoms with Crippen molar-refractivity contribution in [2.75, 3.05) is 0 Å². The first-order valence-corrected chi connectivity index (χ1v) is 9.73. The number of thiazole rings is 1. The van der Waals surface area contributed by atoms with E-state index in [4.69, 9.17) is 11.6 Å². The lowest BCUT2D eigenvalue weighted by molar-refractivity contribution is 0.420. The molecule has 26 heavy (non-hydrogen) atoms. The summed E-state index contributed by atoms with van der Waals surface area (Å²) in [5.41, 5.74) is 3.53. The lowest BCUT2D eigenvalue weighted by Gasteiger charge is -2.05. The number of allylic oxidation sites excluding steroid dienone is 1. The van der Waals surface area contributed by atoms with Crippen molar-refractivity contribution < 1.29 is 5.11 Å². The molecule has 0 radical (unpaired) electrons. The molecule has 4 rings (SSSR count). The Kier molecular flexibility index (Phi) is 4.56. The van der Waals surface area contributed by atoms with E-state index in [2.05, 4.69) is 20.9 Å². The molecule has 130 valence electrons. The van der Waals surface area contributed by atoms with Gasteiger partial charge in [-0.05, 0) is 42.0 Å². The Bertz CT molecular complexity index is 1130. The van der Waals surface area contributed by atoms with Crippen molar-refractivity contribution in [3.63, 3.8) is 0 Å². The average molecular weight is 448 g/mol. The summed E-state index contributed by atoms with van der Waals surface area (Å²) in [6.45, 7) is 0.265. The van der Waals surface area contributed by atoms with E-state index in [0.29, 0.717) is 9.90 Å². The average Bonchev–Trinajstić information content (AvgIpc) is 3.11. The van der Waals surface area contributed by atoms with Crippen LogP contribution in [0.1, 0.15) is 16.0 Å². The fraction of sp³-hybridized carbons (Fsp3) is 0.0526. The number of halogens is 2. The minimum Gasteiger partial charge on any atom is -0.493 e. The molecule has 1 aliphatic heterocycles. The van der Waals surface area contributed by atoms with Crippen LogP contribution in [0.2, 0.25) is 5.02 Å². The Morgan fingerprint density at radius 2 is 2.12 bits per heavy atom. The van der Waals surface area contributed by atoms with Gasteiger partial charge in [-0.1, -0.05) is 51.0 Å². The molecule has 0 aliphatic carbocycles. The number of benzene rings is 2. The van der Waals surface area contributed by atoms with Gasteiger partial charge in [-0.15, -0.1) is 0 Å². The van der Waals surface area contributed by atoms with Gasteiger partial charge in [0.05, 0.1) is 17.1 Å². The first kappa shape index (κ1) is 17.3. The first-order valence-electron chi connectivity index (χ1n) is 7.74. The predicted octanol–water partition coefficient (Wildman–Crippen LogP) is 5.34. The molecular formula is C19H12BrClN2O2S. The number of aliphatic imine (C=N–C) groups is 1. The SMILES string of the molecule is O=c1sc(/C=C2/C=Nc3ccc(Br)cc32)c(O)n1Cc1cccc(Cl)c1. The van der Waals surface area contributed by atoms with E-state index in [9.17, 15) is 9.90 Å². The van der Waals surface area contributed by atoms with Crippen LogP contribution in [-0.4, -0.2) is 15.9 Å². The molecule has 4 nitrogen and oxygen atoms in total. The van der Waals surface area contributed by atoms with E-state index in [0.717, 1.165) is 38.2 Å². The molecule has 0 atom stereocenters. The maximum Gasteiger partial charge on any atom is 0.310 e. The van der Waals surface area contributed by atoms with Crippen LogP contribution in [0.25, 0.3) is 11.6 Å². The number of hydrogen-bond donors (Lipinski definition) is 1. The third kappa shape index (κ3) is 3.28. The number of rotatable bonds is 3. The van der Waals surface area contributed by atoms with Gasteiger partial charge in [-0.3, -0.25) is 14.4 Å². The standard InChI is InChI=1S/C19H12BrClN2O2S/c20-13-4-5-16-15(8-13)12(9-22-16)7-17-18(24)23(19(25)26-17)10-11-2-1-3-14(21)6-11/h1-9,24H,10H2/b12-7-. The minimum absolute atomic E-state index is 0.0516. The molecule has 2 aromatic carbocycles. The van der Waals surface area contributed by atoms with Gasteiger partial charge in [0.1, 0.15) is 0 Å². The van der Waals surface area contributed by atoms with Gasteiger partial charge >= 0.3 is 4.87 Å². The summed E-state index contributed by atoms with van der Waals surface area (Å²) in [5, 5.41) is 11.1. The zero-order chi connectivity index (χ0) is 18.3. The van der Waals surface area contributed by atoms with Crippen molar-refractivity contribution in [2.24, 2.45) is 4.99 Å². The summed E-state index contributed by atoms with van der Waals surface area (Å²) < 4.78 is 2.29. The zero-order valence-corrected chi connectivity index (χ0v) is 16.5. The van der Waals surface area contributed by atoms with Crippen LogP contribution in [0, 0.1) is 0 Å². The van der Waals surface area contributed by atoms with E-state index in [1.807, 2.05) is 30.3 Å². The van der Waals surface area contributed by atoms with Crippen LogP contribution in [0.4, 0.5) is 5.69 Å². The topological polar surface area (TPSA) is 54.6 Å². The van der Waals surface area contributed by atoms with Crippen molar-refractivity contribution in [2.45, 2.75) is 6.54 Å². The summed E-state index contributed by atoms with van der Waals surface area (Å²) in [6.07, 6.45) is 3.53. The summed E-state index contributed by atoms with van der Waals surface area (Å²) >= 11 is 10.5.